The fourth-order valence-electron chi connectivity index (χ4n) is 4.35. The van der Waals surface area contributed by atoms with Crippen LogP contribution >= 0.6 is 0 Å². The van der Waals surface area contributed by atoms with Crippen LogP contribution in [0, 0.1) is 13.8 Å². The molecule has 7 heteroatoms. The second-order valence-corrected chi connectivity index (χ2v) is 7.62. The molecule has 2 amide bonds. The van der Waals surface area contributed by atoms with Crippen molar-refractivity contribution in [3.8, 4) is 5.75 Å². The monoisotopic (exact) mass is 397 g/mol. The van der Waals surface area contributed by atoms with E-state index in [0.29, 0.717) is 49.8 Å². The number of rotatable bonds is 4. The largest absolute Gasteiger partial charge is 0.495 e. The third-order valence-electron chi connectivity index (χ3n) is 5.87. The van der Waals surface area contributed by atoms with Crippen LogP contribution in [0.4, 0.5) is 5.69 Å². The van der Waals surface area contributed by atoms with Crippen molar-refractivity contribution in [1.82, 2.24) is 9.80 Å². The number of benzene rings is 1. The summed E-state index contributed by atoms with van der Waals surface area (Å²) in [5.41, 5.74) is 1.46. The number of methoxy groups -OCH3 is 1. The van der Waals surface area contributed by atoms with Crippen LogP contribution in [0.2, 0.25) is 0 Å². The number of ether oxygens (including phenoxy) is 1. The lowest BCUT2D eigenvalue weighted by molar-refractivity contribution is -0.122. The first-order chi connectivity index (χ1) is 14.0. The average molecular weight is 397 g/mol. The maximum Gasteiger partial charge on any atom is 0.257 e. The van der Waals surface area contributed by atoms with Crippen molar-refractivity contribution in [2.75, 3.05) is 44.7 Å². The third kappa shape index (κ3) is 3.62. The van der Waals surface area contributed by atoms with E-state index in [1.807, 2.05) is 47.9 Å². The molecule has 0 saturated carbocycles. The highest BCUT2D eigenvalue weighted by molar-refractivity contribution is 6.00. The number of anilines is 1. The van der Waals surface area contributed by atoms with Crippen molar-refractivity contribution < 1.29 is 18.7 Å². The molecule has 7 nitrogen and oxygen atoms in total. The Morgan fingerprint density at radius 1 is 1.10 bits per heavy atom. The maximum absolute atomic E-state index is 13.1. The van der Waals surface area contributed by atoms with Gasteiger partial charge in [0.1, 0.15) is 17.3 Å². The molecule has 4 rings (SSSR count). The molecule has 2 fully saturated rings. The van der Waals surface area contributed by atoms with Gasteiger partial charge in [-0.25, -0.2) is 0 Å². The van der Waals surface area contributed by atoms with Crippen LogP contribution in [0.3, 0.4) is 0 Å². The second kappa shape index (κ2) is 7.91. The van der Waals surface area contributed by atoms with Gasteiger partial charge in [-0.15, -0.1) is 0 Å². The Kier molecular flexibility index (Phi) is 5.32. The number of nitrogens with zero attached hydrogens (tertiary/aromatic N) is 3. The van der Waals surface area contributed by atoms with Crippen molar-refractivity contribution >= 4 is 17.5 Å². The number of furan rings is 1. The topological polar surface area (TPSA) is 66.2 Å². The Bertz CT molecular complexity index is 915. The van der Waals surface area contributed by atoms with Gasteiger partial charge in [0.2, 0.25) is 5.91 Å². The van der Waals surface area contributed by atoms with Gasteiger partial charge in [0, 0.05) is 32.7 Å². The van der Waals surface area contributed by atoms with Crippen LogP contribution in [0.5, 0.6) is 5.75 Å². The van der Waals surface area contributed by atoms with E-state index in [2.05, 4.69) is 4.90 Å². The molecule has 1 aromatic carbocycles. The van der Waals surface area contributed by atoms with Crippen LogP contribution in [-0.4, -0.2) is 67.5 Å². The first-order valence-corrected chi connectivity index (χ1v) is 10.0. The van der Waals surface area contributed by atoms with E-state index in [-0.39, 0.29) is 17.9 Å². The van der Waals surface area contributed by atoms with E-state index in [1.165, 1.54) is 0 Å². The molecule has 0 spiro atoms. The number of amides is 2. The lowest BCUT2D eigenvalue weighted by atomic mass is 10.1. The fraction of sp³-hybridized carbons (Fsp3) is 0.455. The van der Waals surface area contributed by atoms with Crippen LogP contribution < -0.4 is 9.64 Å². The van der Waals surface area contributed by atoms with Crippen molar-refractivity contribution in [3.05, 3.63) is 47.4 Å². The molecule has 2 aromatic rings. The van der Waals surface area contributed by atoms with Crippen LogP contribution in [0.15, 0.2) is 34.7 Å². The smallest absolute Gasteiger partial charge is 0.257 e. The Morgan fingerprint density at radius 2 is 1.83 bits per heavy atom. The maximum atomic E-state index is 13.1. The fourth-order valence-corrected chi connectivity index (χ4v) is 4.35. The lowest BCUT2D eigenvalue weighted by Crippen LogP contribution is -2.53. The van der Waals surface area contributed by atoms with E-state index >= 15 is 0 Å². The summed E-state index contributed by atoms with van der Waals surface area (Å²) in [6.45, 7) is 6.95. The van der Waals surface area contributed by atoms with Crippen LogP contribution in [-0.2, 0) is 4.79 Å². The van der Waals surface area contributed by atoms with Crippen molar-refractivity contribution in [1.29, 1.82) is 0 Å². The Balaban J connectivity index is 1.40. The van der Waals surface area contributed by atoms with Crippen molar-refractivity contribution in [3.63, 3.8) is 0 Å². The molecular formula is C22H27N3O4. The van der Waals surface area contributed by atoms with Gasteiger partial charge in [0.05, 0.1) is 24.4 Å². The van der Waals surface area contributed by atoms with Gasteiger partial charge in [0.15, 0.2) is 0 Å². The quantitative estimate of drug-likeness (QED) is 0.793. The number of hydrogen-bond donors (Lipinski definition) is 0. The number of carbonyl (C=O) groups excluding carboxylic acids is 2. The minimum atomic E-state index is -0.143. The second-order valence-electron chi connectivity index (χ2n) is 7.62. The minimum Gasteiger partial charge on any atom is -0.495 e. The lowest BCUT2D eigenvalue weighted by Gasteiger charge is -2.37. The summed E-state index contributed by atoms with van der Waals surface area (Å²) in [5.74, 6) is 2.23. The molecule has 1 aromatic heterocycles. The van der Waals surface area contributed by atoms with E-state index in [4.69, 9.17) is 9.15 Å². The highest BCUT2D eigenvalue weighted by Crippen LogP contribution is 2.32. The predicted octanol–water partition coefficient (Wildman–Crippen LogP) is 2.47. The third-order valence-corrected chi connectivity index (χ3v) is 5.87. The zero-order valence-corrected chi connectivity index (χ0v) is 17.2. The van der Waals surface area contributed by atoms with Gasteiger partial charge in [-0.3, -0.25) is 14.5 Å². The summed E-state index contributed by atoms with van der Waals surface area (Å²) in [5, 5.41) is 0. The van der Waals surface area contributed by atoms with Gasteiger partial charge in [-0.2, -0.15) is 0 Å². The summed E-state index contributed by atoms with van der Waals surface area (Å²) < 4.78 is 10.9. The molecule has 2 saturated heterocycles. The number of piperazine rings is 1. The summed E-state index contributed by atoms with van der Waals surface area (Å²) in [6, 6.07) is 9.28. The zero-order chi connectivity index (χ0) is 20.5. The van der Waals surface area contributed by atoms with Gasteiger partial charge >= 0.3 is 0 Å². The van der Waals surface area contributed by atoms with Gasteiger partial charge in [0.25, 0.3) is 5.91 Å². The Labute approximate surface area is 170 Å². The summed E-state index contributed by atoms with van der Waals surface area (Å²) in [7, 11) is 1.62. The number of aryl methyl sites for hydroxylation is 2. The SMILES string of the molecule is COc1ccccc1N1CCC(N2CCN(C(=O)c3cc(C)oc3C)CC2)C1=O. The number of para-hydroxylation sites is 2. The van der Waals surface area contributed by atoms with E-state index in [9.17, 15) is 9.59 Å². The summed E-state index contributed by atoms with van der Waals surface area (Å²) in [4.78, 5) is 31.8. The Morgan fingerprint density at radius 3 is 2.48 bits per heavy atom. The molecule has 2 aliphatic heterocycles. The van der Waals surface area contributed by atoms with Crippen LogP contribution in [0.1, 0.15) is 28.3 Å². The first kappa shape index (κ1) is 19.5. The molecular weight excluding hydrogens is 370 g/mol. The van der Waals surface area contributed by atoms with E-state index in [1.54, 1.807) is 13.2 Å². The minimum absolute atomic E-state index is 0.00685. The predicted molar refractivity (Wildman–Crippen MR) is 109 cm³/mol. The molecule has 1 atom stereocenters. The van der Waals surface area contributed by atoms with Gasteiger partial charge in [-0.05, 0) is 38.5 Å². The zero-order valence-electron chi connectivity index (χ0n) is 17.2. The molecule has 0 radical (unpaired) electrons. The normalized spacial score (nSPS) is 20.4. The molecule has 154 valence electrons. The standard InChI is InChI=1S/C22H27N3O4/c1-15-14-17(16(2)29-15)21(26)24-12-10-23(11-13-24)19-8-9-25(22(19)27)18-6-4-5-7-20(18)28-3/h4-7,14,19H,8-13H2,1-3H3. The number of carbonyl (C=O) groups is 2. The van der Waals surface area contributed by atoms with Gasteiger partial charge < -0.3 is 19.0 Å². The van der Waals surface area contributed by atoms with Crippen LogP contribution in [0.25, 0.3) is 0 Å². The summed E-state index contributed by atoms with van der Waals surface area (Å²) >= 11 is 0. The van der Waals surface area contributed by atoms with E-state index < -0.39 is 0 Å². The van der Waals surface area contributed by atoms with E-state index in [0.717, 1.165) is 17.9 Å². The molecule has 3 heterocycles. The summed E-state index contributed by atoms with van der Waals surface area (Å²) in [6.07, 6.45) is 0.783. The molecule has 1 unspecified atom stereocenters. The molecule has 2 aliphatic rings. The highest BCUT2D eigenvalue weighted by Gasteiger charge is 2.39. The first-order valence-electron chi connectivity index (χ1n) is 10.0. The highest BCUT2D eigenvalue weighted by atomic mass is 16.5. The average Bonchev–Trinajstić information content (AvgIpc) is 3.28. The molecule has 0 N–H and O–H groups in total. The van der Waals surface area contributed by atoms with Gasteiger partial charge in [-0.1, -0.05) is 12.1 Å². The molecule has 0 aliphatic carbocycles. The Hall–Kier alpha value is -2.80. The molecule has 0 bridgehead atoms. The van der Waals surface area contributed by atoms with Crippen molar-refractivity contribution in [2.24, 2.45) is 0 Å². The molecule has 29 heavy (non-hydrogen) atoms. The number of hydrogen-bond acceptors (Lipinski definition) is 5. The van der Waals surface area contributed by atoms with Crippen molar-refractivity contribution in [2.45, 2.75) is 26.3 Å².